The summed E-state index contributed by atoms with van der Waals surface area (Å²) in [5.74, 6) is -1.48. The molecule has 1 aromatic heterocycles. The fourth-order valence-electron chi connectivity index (χ4n) is 2.47. The SMILES string of the molecule is O=C(Cn1nc(-c2ccc(F)cc2)oc1=O)NCCCOCc1ccccc1. The lowest BCUT2D eigenvalue weighted by Gasteiger charge is -2.06. The zero-order valence-electron chi connectivity index (χ0n) is 15.1. The molecule has 1 amide bonds. The Morgan fingerprint density at radius 2 is 1.89 bits per heavy atom. The van der Waals surface area contributed by atoms with E-state index in [0.29, 0.717) is 31.7 Å². The number of amides is 1. The van der Waals surface area contributed by atoms with Gasteiger partial charge in [0.2, 0.25) is 11.8 Å². The number of rotatable bonds is 9. The molecular formula is C20H20FN3O4. The van der Waals surface area contributed by atoms with Crippen molar-refractivity contribution in [3.05, 3.63) is 76.5 Å². The summed E-state index contributed by atoms with van der Waals surface area (Å²) >= 11 is 0. The number of nitrogens with one attached hydrogen (secondary N) is 1. The summed E-state index contributed by atoms with van der Waals surface area (Å²) in [4.78, 5) is 23.8. The van der Waals surface area contributed by atoms with Gasteiger partial charge >= 0.3 is 5.76 Å². The van der Waals surface area contributed by atoms with Crippen molar-refractivity contribution in [3.8, 4) is 11.5 Å². The molecule has 0 aliphatic heterocycles. The smallest absolute Gasteiger partial charge is 0.388 e. The summed E-state index contributed by atoms with van der Waals surface area (Å²) < 4.78 is 24.4. The van der Waals surface area contributed by atoms with Crippen LogP contribution in [0.4, 0.5) is 4.39 Å². The molecule has 0 radical (unpaired) electrons. The van der Waals surface area contributed by atoms with Gasteiger partial charge in [-0.05, 0) is 36.2 Å². The average Bonchev–Trinajstić information content (AvgIpc) is 3.06. The summed E-state index contributed by atoms with van der Waals surface area (Å²) in [5.41, 5.74) is 1.54. The standard InChI is InChI=1S/C20H20FN3O4/c21-17-9-7-16(8-10-17)19-23-24(20(26)28-19)13-18(25)22-11-4-12-27-14-15-5-2-1-3-6-15/h1-3,5-10H,4,11-14H2,(H,22,25). The van der Waals surface area contributed by atoms with E-state index in [1.807, 2.05) is 30.3 Å². The first-order valence-corrected chi connectivity index (χ1v) is 8.84. The number of halogens is 1. The van der Waals surface area contributed by atoms with E-state index in [1.165, 1.54) is 24.3 Å². The highest BCUT2D eigenvalue weighted by Crippen LogP contribution is 2.15. The van der Waals surface area contributed by atoms with E-state index in [2.05, 4.69) is 10.4 Å². The number of carbonyl (C=O) groups is 1. The zero-order chi connectivity index (χ0) is 19.8. The Labute approximate surface area is 160 Å². The van der Waals surface area contributed by atoms with Crippen LogP contribution in [0.25, 0.3) is 11.5 Å². The van der Waals surface area contributed by atoms with E-state index < -0.39 is 11.6 Å². The Bertz CT molecular complexity index is 952. The van der Waals surface area contributed by atoms with Crippen LogP contribution in [0.3, 0.4) is 0 Å². The third-order valence-electron chi connectivity index (χ3n) is 3.89. The normalized spacial score (nSPS) is 10.8. The van der Waals surface area contributed by atoms with Gasteiger partial charge < -0.3 is 14.5 Å². The monoisotopic (exact) mass is 385 g/mol. The summed E-state index contributed by atoms with van der Waals surface area (Å²) in [5, 5.41) is 6.67. The fraction of sp³-hybridized carbons (Fsp3) is 0.250. The Hall–Kier alpha value is -3.26. The van der Waals surface area contributed by atoms with Crippen LogP contribution in [-0.4, -0.2) is 28.8 Å². The lowest BCUT2D eigenvalue weighted by Crippen LogP contribution is -2.32. The number of nitrogens with zero attached hydrogens (tertiary/aromatic N) is 2. The van der Waals surface area contributed by atoms with Gasteiger partial charge in [-0.2, -0.15) is 4.68 Å². The number of hydrogen-bond donors (Lipinski definition) is 1. The molecule has 1 N–H and O–H groups in total. The molecule has 0 saturated heterocycles. The summed E-state index contributed by atoms with van der Waals surface area (Å²) in [6.07, 6.45) is 0.646. The van der Waals surface area contributed by atoms with Crippen molar-refractivity contribution in [1.29, 1.82) is 0 Å². The summed E-state index contributed by atoms with van der Waals surface area (Å²) in [6, 6.07) is 15.2. The van der Waals surface area contributed by atoms with Gasteiger partial charge in [-0.1, -0.05) is 30.3 Å². The van der Waals surface area contributed by atoms with Gasteiger partial charge in [0, 0.05) is 18.7 Å². The van der Waals surface area contributed by atoms with Crippen molar-refractivity contribution >= 4 is 5.91 Å². The quantitative estimate of drug-likeness (QED) is 0.572. The maximum absolute atomic E-state index is 13.0. The van der Waals surface area contributed by atoms with Crippen molar-refractivity contribution in [2.24, 2.45) is 0 Å². The highest BCUT2D eigenvalue weighted by Gasteiger charge is 2.13. The topological polar surface area (TPSA) is 86.4 Å². The molecule has 8 heteroatoms. The third kappa shape index (κ3) is 5.62. The minimum atomic E-state index is -0.749. The number of aromatic nitrogens is 2. The lowest BCUT2D eigenvalue weighted by atomic mass is 10.2. The van der Waals surface area contributed by atoms with E-state index in [0.717, 1.165) is 10.2 Å². The van der Waals surface area contributed by atoms with Gasteiger partial charge in [-0.15, -0.1) is 5.10 Å². The van der Waals surface area contributed by atoms with Gasteiger partial charge in [0.25, 0.3) is 0 Å². The minimum Gasteiger partial charge on any atom is -0.388 e. The van der Waals surface area contributed by atoms with Gasteiger partial charge in [0.1, 0.15) is 12.4 Å². The summed E-state index contributed by atoms with van der Waals surface area (Å²) in [7, 11) is 0. The zero-order valence-corrected chi connectivity index (χ0v) is 15.1. The van der Waals surface area contributed by atoms with E-state index >= 15 is 0 Å². The lowest BCUT2D eigenvalue weighted by molar-refractivity contribution is -0.122. The van der Waals surface area contributed by atoms with Crippen LogP contribution >= 0.6 is 0 Å². The molecule has 3 rings (SSSR count). The van der Waals surface area contributed by atoms with E-state index in [9.17, 15) is 14.0 Å². The molecule has 0 saturated carbocycles. The van der Waals surface area contributed by atoms with E-state index in [-0.39, 0.29) is 18.3 Å². The van der Waals surface area contributed by atoms with Crippen LogP contribution in [0, 0.1) is 5.82 Å². The largest absolute Gasteiger partial charge is 0.437 e. The second-order valence-corrected chi connectivity index (χ2v) is 6.08. The molecule has 0 spiro atoms. The van der Waals surface area contributed by atoms with Crippen LogP contribution in [-0.2, 0) is 22.7 Å². The molecule has 7 nitrogen and oxygen atoms in total. The van der Waals surface area contributed by atoms with Crippen molar-refractivity contribution in [2.45, 2.75) is 19.6 Å². The molecule has 2 aromatic carbocycles. The Kier molecular flexibility index (Phi) is 6.69. The van der Waals surface area contributed by atoms with Crippen LogP contribution in [0.5, 0.6) is 0 Å². The Morgan fingerprint density at radius 1 is 1.14 bits per heavy atom. The van der Waals surface area contributed by atoms with Crippen molar-refractivity contribution in [1.82, 2.24) is 15.1 Å². The van der Waals surface area contributed by atoms with Crippen LogP contribution in [0.1, 0.15) is 12.0 Å². The second-order valence-electron chi connectivity index (χ2n) is 6.08. The molecule has 1 heterocycles. The molecule has 0 fully saturated rings. The molecular weight excluding hydrogens is 365 g/mol. The first kappa shape index (κ1) is 19.5. The Balaban J connectivity index is 1.40. The highest BCUT2D eigenvalue weighted by molar-refractivity contribution is 5.75. The van der Waals surface area contributed by atoms with Gasteiger partial charge in [-0.25, -0.2) is 9.18 Å². The number of benzene rings is 2. The molecule has 0 bridgehead atoms. The van der Waals surface area contributed by atoms with Crippen LogP contribution < -0.4 is 11.1 Å². The maximum Gasteiger partial charge on any atom is 0.437 e. The first-order valence-electron chi connectivity index (χ1n) is 8.84. The second kappa shape index (κ2) is 9.61. The predicted octanol–water partition coefficient (Wildman–Crippen LogP) is 2.37. The number of carbonyl (C=O) groups excluding carboxylic acids is 1. The van der Waals surface area contributed by atoms with Crippen LogP contribution in [0.15, 0.2) is 63.8 Å². The van der Waals surface area contributed by atoms with E-state index in [4.69, 9.17) is 9.15 Å². The van der Waals surface area contributed by atoms with Crippen molar-refractivity contribution < 1.29 is 18.3 Å². The molecule has 0 atom stereocenters. The maximum atomic E-state index is 13.0. The third-order valence-corrected chi connectivity index (χ3v) is 3.89. The molecule has 3 aromatic rings. The van der Waals surface area contributed by atoms with Crippen molar-refractivity contribution in [2.75, 3.05) is 13.2 Å². The van der Waals surface area contributed by atoms with Crippen molar-refractivity contribution in [3.63, 3.8) is 0 Å². The Morgan fingerprint density at radius 3 is 2.64 bits per heavy atom. The van der Waals surface area contributed by atoms with E-state index in [1.54, 1.807) is 0 Å². The number of ether oxygens (including phenoxy) is 1. The number of hydrogen-bond acceptors (Lipinski definition) is 5. The van der Waals surface area contributed by atoms with Gasteiger partial charge in [0.15, 0.2) is 0 Å². The summed E-state index contributed by atoms with van der Waals surface area (Å²) in [6.45, 7) is 1.20. The average molecular weight is 385 g/mol. The predicted molar refractivity (Wildman–Crippen MR) is 99.9 cm³/mol. The minimum absolute atomic E-state index is 0.0344. The van der Waals surface area contributed by atoms with Gasteiger partial charge in [0.05, 0.1) is 6.61 Å². The van der Waals surface area contributed by atoms with Crippen LogP contribution in [0.2, 0.25) is 0 Å². The molecule has 0 aliphatic rings. The first-order chi connectivity index (χ1) is 13.6. The fourth-order valence-corrected chi connectivity index (χ4v) is 2.47. The molecule has 28 heavy (non-hydrogen) atoms. The highest BCUT2D eigenvalue weighted by atomic mass is 19.1. The molecule has 146 valence electrons. The van der Waals surface area contributed by atoms with Gasteiger partial charge in [-0.3, -0.25) is 4.79 Å². The molecule has 0 aliphatic carbocycles. The molecule has 0 unspecified atom stereocenters.